The van der Waals surface area contributed by atoms with Gasteiger partial charge in [0.05, 0.1) is 0 Å². The molecule has 0 bridgehead atoms. The molecule has 0 amide bonds. The first kappa shape index (κ1) is 19.9. The van der Waals surface area contributed by atoms with Gasteiger partial charge in [0.25, 0.3) is 0 Å². The van der Waals surface area contributed by atoms with Gasteiger partial charge in [-0.05, 0) is 19.9 Å². The molecule has 0 spiro atoms. The van der Waals surface area contributed by atoms with Crippen molar-refractivity contribution in [2.75, 3.05) is 0 Å². The fraction of sp³-hybridized carbons (Fsp3) is 0.450. The van der Waals surface area contributed by atoms with E-state index in [1.165, 1.54) is 27.8 Å². The Morgan fingerprint density at radius 2 is 1.57 bits per heavy atom. The maximum absolute atomic E-state index is 9.44. The van der Waals surface area contributed by atoms with Crippen molar-refractivity contribution in [3.05, 3.63) is 51.6 Å². The number of hydrogen-bond acceptors (Lipinski definition) is 2. The Kier molecular flexibility index (Phi) is 6.23. The third kappa shape index (κ3) is 4.05. The van der Waals surface area contributed by atoms with E-state index in [1.54, 1.807) is 6.07 Å². The smallest absolute Gasteiger partial charge is 0.504 e. The number of phenols is 1. The van der Waals surface area contributed by atoms with Crippen LogP contribution in [0.4, 0.5) is 0 Å². The van der Waals surface area contributed by atoms with Crippen molar-refractivity contribution in [1.29, 1.82) is 0 Å². The van der Waals surface area contributed by atoms with Gasteiger partial charge in [-0.25, -0.2) is 0 Å². The molecule has 1 aliphatic heterocycles. The second-order valence-corrected chi connectivity index (χ2v) is 6.93. The molecule has 2 nitrogen and oxygen atoms in total. The number of aromatic hydroxyl groups is 1. The summed E-state index contributed by atoms with van der Waals surface area (Å²) in [6.45, 7) is 15.0. The van der Waals surface area contributed by atoms with Crippen LogP contribution >= 0.6 is 0 Å². The third-order valence-corrected chi connectivity index (χ3v) is 4.88. The van der Waals surface area contributed by atoms with Crippen LogP contribution in [-0.2, 0) is 28.1 Å². The van der Waals surface area contributed by atoms with Crippen molar-refractivity contribution < 1.29 is 31.6 Å². The van der Waals surface area contributed by atoms with Gasteiger partial charge < -0.3 is 9.84 Å². The molecule has 1 heterocycles. The van der Waals surface area contributed by atoms with Crippen LogP contribution in [0.25, 0.3) is 0 Å². The molecule has 0 saturated heterocycles. The Hall–Kier alpha value is -1.12. The van der Waals surface area contributed by atoms with Gasteiger partial charge in [0.15, 0.2) is 11.5 Å². The zero-order valence-electron chi connectivity index (χ0n) is 15.3. The summed E-state index contributed by atoms with van der Waals surface area (Å²) in [5.74, 6) is 0.903. The fourth-order valence-electron chi connectivity index (χ4n) is 3.01. The van der Waals surface area contributed by atoms with Crippen LogP contribution in [0.1, 0.15) is 47.2 Å². The quantitative estimate of drug-likeness (QED) is 0.534. The van der Waals surface area contributed by atoms with E-state index >= 15 is 0 Å². The van der Waals surface area contributed by atoms with Gasteiger partial charge in [0.2, 0.25) is 0 Å². The molecule has 1 radical (unpaired) electrons. The van der Waals surface area contributed by atoms with Crippen molar-refractivity contribution in [1.82, 2.24) is 0 Å². The molecular formula is C20H27O2Ti+2. The topological polar surface area (TPSA) is 29.5 Å². The normalized spacial score (nSPS) is 14.2. The summed E-state index contributed by atoms with van der Waals surface area (Å²) in [7, 11) is 0. The van der Waals surface area contributed by atoms with Gasteiger partial charge in [0, 0.05) is 12.0 Å². The van der Waals surface area contributed by atoms with Gasteiger partial charge in [-0.15, -0.1) is 0 Å². The first-order chi connectivity index (χ1) is 10.1. The minimum atomic E-state index is -0.166. The van der Waals surface area contributed by atoms with Crippen molar-refractivity contribution in [3.63, 3.8) is 0 Å². The summed E-state index contributed by atoms with van der Waals surface area (Å²) in [6, 6.07) is 5.49. The van der Waals surface area contributed by atoms with Gasteiger partial charge >= 0.3 is 21.7 Å². The molecule has 2 aromatic rings. The Morgan fingerprint density at radius 3 is 1.96 bits per heavy atom. The van der Waals surface area contributed by atoms with E-state index in [1.807, 2.05) is 26.0 Å². The minimum Gasteiger partial charge on any atom is -0.504 e. The summed E-state index contributed by atoms with van der Waals surface area (Å²) in [5, 5.41) is 9.44. The molecule has 121 valence electrons. The predicted molar refractivity (Wildman–Crippen MR) is 92.2 cm³/mol. The second-order valence-electron chi connectivity index (χ2n) is 6.93. The molecule has 0 unspecified atom stereocenters. The van der Waals surface area contributed by atoms with E-state index in [2.05, 4.69) is 34.6 Å². The van der Waals surface area contributed by atoms with Gasteiger partial charge in [-0.3, -0.25) is 0 Å². The van der Waals surface area contributed by atoms with Gasteiger partial charge in [0.1, 0.15) is 5.60 Å². The molecule has 0 fully saturated rings. The first-order valence-corrected chi connectivity index (χ1v) is 7.83. The van der Waals surface area contributed by atoms with Crippen LogP contribution in [0, 0.1) is 34.6 Å². The molecule has 1 aliphatic rings. The average Bonchev–Trinajstić information content (AvgIpc) is 2.86. The van der Waals surface area contributed by atoms with Crippen molar-refractivity contribution in [2.24, 2.45) is 0 Å². The van der Waals surface area contributed by atoms with Crippen molar-refractivity contribution >= 4 is 0 Å². The van der Waals surface area contributed by atoms with Crippen LogP contribution in [-0.4, -0.2) is 10.7 Å². The summed E-state index contributed by atoms with van der Waals surface area (Å²) in [4.78, 5) is 0. The van der Waals surface area contributed by atoms with E-state index < -0.39 is 0 Å². The zero-order chi connectivity index (χ0) is 16.7. The molecule has 0 aliphatic carbocycles. The maximum atomic E-state index is 9.44. The number of hydrogen-bond donors (Lipinski definition) is 1. The van der Waals surface area contributed by atoms with Gasteiger partial charge in [-0.1, -0.05) is 46.8 Å². The van der Waals surface area contributed by atoms with Crippen LogP contribution in [0.2, 0.25) is 0 Å². The summed E-state index contributed by atoms with van der Waals surface area (Å²) >= 11 is 0. The molecule has 2 aromatic carbocycles. The number of benzene rings is 1. The first-order valence-electron chi connectivity index (χ1n) is 7.83. The van der Waals surface area contributed by atoms with E-state index in [4.69, 9.17) is 4.74 Å². The van der Waals surface area contributed by atoms with Crippen LogP contribution < -0.4 is 4.74 Å². The zero-order valence-corrected chi connectivity index (χ0v) is 16.9. The molecule has 0 aromatic heterocycles. The summed E-state index contributed by atoms with van der Waals surface area (Å²) in [6.07, 6.45) is 0.872. The molecule has 3 rings (SSSR count). The molecule has 1 N–H and O–H groups in total. The molecule has 0 saturated carbocycles. The molecule has 0 atom stereocenters. The molecule has 3 heteroatoms. The Morgan fingerprint density at radius 1 is 1.04 bits per heavy atom. The predicted octanol–water partition coefficient (Wildman–Crippen LogP) is 5.05. The Bertz CT molecular complexity index is 616. The monoisotopic (exact) mass is 347 g/mol. The van der Waals surface area contributed by atoms with Crippen LogP contribution in [0.3, 0.4) is 0 Å². The van der Waals surface area contributed by atoms with Crippen LogP contribution in [0.15, 0.2) is 18.2 Å². The summed E-state index contributed by atoms with van der Waals surface area (Å²) < 4.78 is 5.58. The number of ether oxygens (including phenoxy) is 1. The third-order valence-electron chi connectivity index (χ3n) is 4.88. The number of phenolic OH excluding ortho intramolecular Hbond substituents is 1. The number of fused-ring (bicyclic) bond motifs is 1. The minimum absolute atomic E-state index is 0. The van der Waals surface area contributed by atoms with E-state index in [0.717, 1.165) is 12.0 Å². The fourth-order valence-corrected chi connectivity index (χ4v) is 3.01. The molecule has 23 heavy (non-hydrogen) atoms. The van der Waals surface area contributed by atoms with Crippen molar-refractivity contribution in [3.8, 4) is 11.5 Å². The van der Waals surface area contributed by atoms with Crippen molar-refractivity contribution in [2.45, 2.75) is 60.5 Å². The average molecular weight is 347 g/mol. The standard InChI is InChI=1S/C10H12O2.C10H15.Ti/c1-10(2)6-7-4-3-5-8(11)9(7)12-10;1-6-7(2)9(4)10(5)8(6)3;/h3-5,11H,6H2,1-2H3;1-5H3;/q;-1;+3. The Labute approximate surface area is 155 Å². The van der Waals surface area contributed by atoms with Gasteiger partial charge in [-0.2, -0.15) is 27.8 Å². The largest absolute Gasteiger partial charge is 3.00 e. The maximum Gasteiger partial charge on any atom is 3.00 e. The summed E-state index contributed by atoms with van der Waals surface area (Å²) in [5.41, 5.74) is 8.27. The number of para-hydroxylation sites is 1. The molecular weight excluding hydrogens is 320 g/mol. The Balaban J connectivity index is 0.000000224. The second kappa shape index (κ2) is 7.19. The number of rotatable bonds is 0. The SMILES string of the molecule is CC1(C)Cc2cccc(O)c2O1.Cc1c(C)c(C)[c-](C)c1C.[Ti+3]. The van der Waals surface area contributed by atoms with E-state index in [-0.39, 0.29) is 33.1 Å². The van der Waals surface area contributed by atoms with E-state index in [9.17, 15) is 5.11 Å². The van der Waals surface area contributed by atoms with E-state index in [0.29, 0.717) is 5.75 Å². The van der Waals surface area contributed by atoms with Crippen LogP contribution in [0.5, 0.6) is 11.5 Å².